The number of anilines is 1. The Balaban J connectivity index is 2.39. The molecule has 1 fully saturated rings. The number of aliphatic hydroxyl groups excluding tert-OH is 1. The van der Waals surface area contributed by atoms with Gasteiger partial charge < -0.3 is 10.0 Å². The largest absolute Gasteiger partial charge is 0.389 e. The Morgan fingerprint density at radius 2 is 2.16 bits per heavy atom. The van der Waals surface area contributed by atoms with Crippen molar-refractivity contribution in [1.29, 1.82) is 5.26 Å². The zero-order valence-electron chi connectivity index (χ0n) is 12.0. The molecule has 0 spiro atoms. The van der Waals surface area contributed by atoms with Crippen molar-refractivity contribution in [3.8, 4) is 6.07 Å². The predicted octanol–water partition coefficient (Wildman–Crippen LogP) is 3.24. The van der Waals surface area contributed by atoms with Crippen molar-refractivity contribution in [2.24, 2.45) is 5.41 Å². The Hall–Kier alpha value is -1.53. The topological polar surface area (TPSA) is 47.3 Å². The highest BCUT2D eigenvalue weighted by molar-refractivity contribution is 5.59. The Labute approximate surface area is 115 Å². The first-order chi connectivity index (χ1) is 8.93. The van der Waals surface area contributed by atoms with E-state index in [-0.39, 0.29) is 5.41 Å². The molecule has 1 aliphatic heterocycles. The summed E-state index contributed by atoms with van der Waals surface area (Å²) < 4.78 is 0. The second-order valence-corrected chi connectivity index (χ2v) is 6.25. The maximum Gasteiger partial charge on any atom is 0.0992 e. The number of rotatable bonds is 2. The maximum absolute atomic E-state index is 9.92. The SMILES string of the molecule is CC(O)c1ccc(C#N)cc1N1CCCC(C)(C)C1. The number of nitriles is 1. The average Bonchev–Trinajstić information content (AvgIpc) is 2.36. The van der Waals surface area contributed by atoms with E-state index in [2.05, 4.69) is 24.8 Å². The number of hydrogen-bond acceptors (Lipinski definition) is 3. The van der Waals surface area contributed by atoms with Crippen LogP contribution in [0.3, 0.4) is 0 Å². The van der Waals surface area contributed by atoms with Gasteiger partial charge in [-0.25, -0.2) is 0 Å². The number of aliphatic hydroxyl groups is 1. The Bertz CT molecular complexity index is 500. The standard InChI is InChI=1S/C16H22N2O/c1-12(19)14-6-5-13(10-17)9-15(14)18-8-4-7-16(2,3)11-18/h5-6,9,12,19H,4,7-8,11H2,1-3H3. The first-order valence-electron chi connectivity index (χ1n) is 6.90. The van der Waals surface area contributed by atoms with E-state index in [1.165, 1.54) is 6.42 Å². The van der Waals surface area contributed by atoms with Gasteiger partial charge in [0, 0.05) is 24.3 Å². The lowest BCUT2D eigenvalue weighted by Gasteiger charge is -2.40. The molecule has 1 N–H and O–H groups in total. The van der Waals surface area contributed by atoms with Crippen molar-refractivity contribution in [3.05, 3.63) is 29.3 Å². The quantitative estimate of drug-likeness (QED) is 0.886. The van der Waals surface area contributed by atoms with Gasteiger partial charge in [0.05, 0.1) is 17.7 Å². The molecule has 1 aromatic carbocycles. The Morgan fingerprint density at radius 1 is 1.42 bits per heavy atom. The summed E-state index contributed by atoms with van der Waals surface area (Å²) >= 11 is 0. The number of nitrogens with zero attached hydrogens (tertiary/aromatic N) is 2. The van der Waals surface area contributed by atoms with Crippen LogP contribution < -0.4 is 4.90 Å². The fourth-order valence-corrected chi connectivity index (χ4v) is 2.87. The molecule has 0 radical (unpaired) electrons. The lowest BCUT2D eigenvalue weighted by molar-refractivity contribution is 0.199. The van der Waals surface area contributed by atoms with Gasteiger partial charge in [-0.05, 0) is 37.3 Å². The molecule has 0 bridgehead atoms. The van der Waals surface area contributed by atoms with Gasteiger partial charge in [0.1, 0.15) is 0 Å². The second kappa shape index (κ2) is 5.22. The molecule has 2 rings (SSSR count). The van der Waals surface area contributed by atoms with Gasteiger partial charge >= 0.3 is 0 Å². The summed E-state index contributed by atoms with van der Waals surface area (Å²) in [5.74, 6) is 0. The van der Waals surface area contributed by atoms with E-state index in [4.69, 9.17) is 5.26 Å². The number of benzene rings is 1. The van der Waals surface area contributed by atoms with Gasteiger partial charge in [0.15, 0.2) is 0 Å². The van der Waals surface area contributed by atoms with E-state index in [1.807, 2.05) is 12.1 Å². The molecule has 0 saturated carbocycles. The van der Waals surface area contributed by atoms with Crippen LogP contribution in [0.4, 0.5) is 5.69 Å². The summed E-state index contributed by atoms with van der Waals surface area (Å²) in [6.07, 6.45) is 1.88. The molecule has 102 valence electrons. The minimum absolute atomic E-state index is 0.289. The molecule has 3 nitrogen and oxygen atoms in total. The lowest BCUT2D eigenvalue weighted by Crippen LogP contribution is -2.40. The summed E-state index contributed by atoms with van der Waals surface area (Å²) in [5.41, 5.74) is 2.87. The third-order valence-electron chi connectivity index (χ3n) is 3.85. The van der Waals surface area contributed by atoms with Gasteiger partial charge in [0.2, 0.25) is 0 Å². The average molecular weight is 258 g/mol. The lowest BCUT2D eigenvalue weighted by atomic mass is 9.83. The Kier molecular flexibility index (Phi) is 3.82. The van der Waals surface area contributed by atoms with Crippen LogP contribution in [0.25, 0.3) is 0 Å². The van der Waals surface area contributed by atoms with Gasteiger partial charge in [-0.3, -0.25) is 0 Å². The van der Waals surface area contributed by atoms with Crippen molar-refractivity contribution in [2.45, 2.75) is 39.7 Å². The van der Waals surface area contributed by atoms with E-state index < -0.39 is 6.10 Å². The third-order valence-corrected chi connectivity index (χ3v) is 3.85. The first-order valence-corrected chi connectivity index (χ1v) is 6.90. The Morgan fingerprint density at radius 3 is 2.74 bits per heavy atom. The predicted molar refractivity (Wildman–Crippen MR) is 77.0 cm³/mol. The van der Waals surface area contributed by atoms with E-state index in [1.54, 1.807) is 13.0 Å². The first kappa shape index (κ1) is 13.9. The van der Waals surface area contributed by atoms with E-state index in [0.717, 1.165) is 30.8 Å². The summed E-state index contributed by atoms with van der Waals surface area (Å²) in [5, 5.41) is 19.0. The third kappa shape index (κ3) is 3.08. The highest BCUT2D eigenvalue weighted by Gasteiger charge is 2.28. The van der Waals surface area contributed by atoms with E-state index in [0.29, 0.717) is 5.56 Å². The van der Waals surface area contributed by atoms with Crippen LogP contribution in [0.15, 0.2) is 18.2 Å². The van der Waals surface area contributed by atoms with Crippen LogP contribution >= 0.6 is 0 Å². The molecular weight excluding hydrogens is 236 g/mol. The number of piperidine rings is 1. The molecule has 1 atom stereocenters. The van der Waals surface area contributed by atoms with Crippen molar-refractivity contribution in [1.82, 2.24) is 0 Å². The van der Waals surface area contributed by atoms with Crippen LogP contribution in [-0.2, 0) is 0 Å². The summed E-state index contributed by atoms with van der Waals surface area (Å²) in [6, 6.07) is 7.74. The van der Waals surface area contributed by atoms with Gasteiger partial charge in [0.25, 0.3) is 0 Å². The molecule has 1 heterocycles. The smallest absolute Gasteiger partial charge is 0.0992 e. The molecule has 0 aliphatic carbocycles. The number of hydrogen-bond donors (Lipinski definition) is 1. The maximum atomic E-state index is 9.92. The monoisotopic (exact) mass is 258 g/mol. The van der Waals surface area contributed by atoms with Crippen molar-refractivity contribution < 1.29 is 5.11 Å². The van der Waals surface area contributed by atoms with E-state index in [9.17, 15) is 5.11 Å². The zero-order chi connectivity index (χ0) is 14.0. The molecule has 0 amide bonds. The molecule has 1 aliphatic rings. The van der Waals surface area contributed by atoms with Gasteiger partial charge in [-0.1, -0.05) is 19.9 Å². The highest BCUT2D eigenvalue weighted by atomic mass is 16.3. The van der Waals surface area contributed by atoms with Crippen LogP contribution in [-0.4, -0.2) is 18.2 Å². The highest BCUT2D eigenvalue weighted by Crippen LogP contribution is 2.35. The van der Waals surface area contributed by atoms with Crippen LogP contribution in [0.1, 0.15) is 50.8 Å². The fraction of sp³-hybridized carbons (Fsp3) is 0.562. The van der Waals surface area contributed by atoms with Crippen LogP contribution in [0.2, 0.25) is 0 Å². The van der Waals surface area contributed by atoms with Crippen LogP contribution in [0, 0.1) is 16.7 Å². The van der Waals surface area contributed by atoms with Gasteiger partial charge in [-0.2, -0.15) is 5.26 Å². The molecule has 1 aromatic rings. The molecule has 0 aromatic heterocycles. The fourth-order valence-electron chi connectivity index (χ4n) is 2.87. The minimum Gasteiger partial charge on any atom is -0.389 e. The molecular formula is C16H22N2O. The second-order valence-electron chi connectivity index (χ2n) is 6.25. The minimum atomic E-state index is -0.507. The van der Waals surface area contributed by atoms with Crippen LogP contribution in [0.5, 0.6) is 0 Å². The normalized spacial score (nSPS) is 19.8. The molecule has 3 heteroatoms. The molecule has 1 saturated heterocycles. The van der Waals surface area contributed by atoms with Crippen molar-refractivity contribution >= 4 is 5.69 Å². The summed E-state index contributed by atoms with van der Waals surface area (Å²) in [6.45, 7) is 8.30. The zero-order valence-corrected chi connectivity index (χ0v) is 12.0. The van der Waals surface area contributed by atoms with Crippen molar-refractivity contribution in [2.75, 3.05) is 18.0 Å². The van der Waals surface area contributed by atoms with Crippen molar-refractivity contribution in [3.63, 3.8) is 0 Å². The van der Waals surface area contributed by atoms with E-state index >= 15 is 0 Å². The summed E-state index contributed by atoms with van der Waals surface area (Å²) in [4.78, 5) is 2.31. The molecule has 19 heavy (non-hydrogen) atoms. The molecule has 1 unspecified atom stereocenters. The van der Waals surface area contributed by atoms with Gasteiger partial charge in [-0.15, -0.1) is 0 Å². The summed E-state index contributed by atoms with van der Waals surface area (Å²) in [7, 11) is 0.